The van der Waals surface area contributed by atoms with Gasteiger partial charge in [0.15, 0.2) is 12.6 Å². The Labute approximate surface area is 129 Å². The summed E-state index contributed by atoms with van der Waals surface area (Å²) < 4.78 is 22.0. The van der Waals surface area contributed by atoms with E-state index in [0.29, 0.717) is 0 Å². The van der Waals surface area contributed by atoms with Crippen LogP contribution in [0, 0.1) is 16.0 Å². The molecular weight excluding hydrogens is 290 g/mol. The van der Waals surface area contributed by atoms with E-state index in [0.717, 1.165) is 18.4 Å². The molecule has 1 unspecified atom stereocenters. The van der Waals surface area contributed by atoms with Gasteiger partial charge in [-0.15, -0.1) is 0 Å². The Morgan fingerprint density at radius 1 is 1.18 bits per heavy atom. The Morgan fingerprint density at radius 3 is 2.32 bits per heavy atom. The van der Waals surface area contributed by atoms with Crippen LogP contribution >= 0.6 is 0 Å². The molecule has 1 aromatic carbocycles. The fourth-order valence-electron chi connectivity index (χ4n) is 2.82. The van der Waals surface area contributed by atoms with Crippen LogP contribution in [0.5, 0.6) is 0 Å². The number of hydrogen-bond donors (Lipinski definition) is 0. The van der Waals surface area contributed by atoms with Gasteiger partial charge in [-0.3, -0.25) is 10.1 Å². The van der Waals surface area contributed by atoms with Crippen molar-refractivity contribution in [3.8, 4) is 0 Å². The number of ether oxygens (including phenoxy) is 4. The van der Waals surface area contributed by atoms with Crippen molar-refractivity contribution in [3.05, 3.63) is 39.9 Å². The van der Waals surface area contributed by atoms with E-state index in [9.17, 15) is 10.1 Å². The molecule has 1 aliphatic rings. The summed E-state index contributed by atoms with van der Waals surface area (Å²) in [5.41, 5.74) is 0.894. The number of nitro benzene ring substituents is 1. The van der Waals surface area contributed by atoms with Crippen molar-refractivity contribution in [2.45, 2.75) is 31.5 Å². The van der Waals surface area contributed by atoms with E-state index in [1.807, 2.05) is 0 Å². The molecule has 22 heavy (non-hydrogen) atoms. The van der Waals surface area contributed by atoms with Crippen LogP contribution in [0.1, 0.15) is 24.5 Å². The molecule has 0 saturated carbocycles. The highest BCUT2D eigenvalue weighted by atomic mass is 16.7. The zero-order valence-electron chi connectivity index (χ0n) is 12.9. The summed E-state index contributed by atoms with van der Waals surface area (Å²) in [4.78, 5) is 10.3. The summed E-state index contributed by atoms with van der Waals surface area (Å²) in [5, 5.41) is 10.8. The second-order valence-electron chi connectivity index (χ2n) is 5.15. The molecule has 0 amide bonds. The van der Waals surface area contributed by atoms with Crippen LogP contribution in [-0.2, 0) is 18.9 Å². The first-order valence-electron chi connectivity index (χ1n) is 7.09. The molecule has 2 rings (SSSR count). The minimum absolute atomic E-state index is 0.0112. The van der Waals surface area contributed by atoms with Crippen LogP contribution in [0.25, 0.3) is 0 Å². The molecule has 0 N–H and O–H groups in total. The largest absolute Gasteiger partial charge is 0.356 e. The molecule has 0 aliphatic carbocycles. The maximum absolute atomic E-state index is 10.8. The lowest BCUT2D eigenvalue weighted by Gasteiger charge is -2.38. The molecule has 1 fully saturated rings. The van der Waals surface area contributed by atoms with Gasteiger partial charge in [-0.25, -0.2) is 0 Å². The third-order valence-corrected chi connectivity index (χ3v) is 3.93. The highest BCUT2D eigenvalue weighted by molar-refractivity contribution is 5.34. The van der Waals surface area contributed by atoms with Crippen LogP contribution in [0.4, 0.5) is 5.69 Å². The minimum Gasteiger partial charge on any atom is -0.356 e. The number of nitrogens with zero attached hydrogens (tertiary/aromatic N) is 1. The lowest BCUT2D eigenvalue weighted by molar-refractivity contribution is -0.384. The Bertz CT molecular complexity index is 487. The first-order chi connectivity index (χ1) is 10.6. The Hall–Kier alpha value is -1.54. The average Bonchev–Trinajstić information content (AvgIpc) is 2.56. The summed E-state index contributed by atoms with van der Waals surface area (Å²) in [7, 11) is 4.77. The number of hydrogen-bond acceptors (Lipinski definition) is 6. The van der Waals surface area contributed by atoms with Crippen LogP contribution < -0.4 is 0 Å². The molecule has 7 nitrogen and oxygen atoms in total. The van der Waals surface area contributed by atoms with Gasteiger partial charge < -0.3 is 18.9 Å². The summed E-state index contributed by atoms with van der Waals surface area (Å²) in [6, 6.07) is 6.36. The van der Waals surface area contributed by atoms with Crippen molar-refractivity contribution in [2.75, 3.05) is 21.3 Å². The normalized spacial score (nSPS) is 25.4. The molecule has 0 aromatic heterocycles. The van der Waals surface area contributed by atoms with Crippen molar-refractivity contribution < 1.29 is 23.9 Å². The van der Waals surface area contributed by atoms with Crippen molar-refractivity contribution >= 4 is 5.69 Å². The fraction of sp³-hybridized carbons (Fsp3) is 0.600. The zero-order chi connectivity index (χ0) is 16.1. The zero-order valence-corrected chi connectivity index (χ0v) is 12.9. The lowest BCUT2D eigenvalue weighted by Crippen LogP contribution is -2.38. The monoisotopic (exact) mass is 311 g/mol. The van der Waals surface area contributed by atoms with Gasteiger partial charge in [0.05, 0.1) is 11.0 Å². The predicted octanol–water partition coefficient (Wildman–Crippen LogP) is 2.65. The quantitative estimate of drug-likeness (QED) is 0.456. The van der Waals surface area contributed by atoms with Gasteiger partial charge in [-0.05, 0) is 30.5 Å². The summed E-state index contributed by atoms with van der Waals surface area (Å²) in [6.07, 6.45) is 0.550. The Balaban J connectivity index is 2.25. The Kier molecular flexibility index (Phi) is 5.84. The molecular formula is C15H21NO6. The average molecular weight is 311 g/mol. The summed E-state index contributed by atoms with van der Waals surface area (Å²) in [5.74, 6) is -0.0112. The third-order valence-electron chi connectivity index (χ3n) is 3.93. The molecule has 1 aliphatic heterocycles. The second-order valence-corrected chi connectivity index (χ2v) is 5.15. The minimum atomic E-state index is -0.423. The van der Waals surface area contributed by atoms with Crippen LogP contribution in [-0.4, -0.2) is 38.8 Å². The van der Waals surface area contributed by atoms with E-state index in [1.165, 1.54) is 12.1 Å². The van der Waals surface area contributed by atoms with E-state index in [-0.39, 0.29) is 24.0 Å². The molecule has 7 heteroatoms. The van der Waals surface area contributed by atoms with Gasteiger partial charge in [-0.2, -0.15) is 0 Å². The number of benzene rings is 1. The van der Waals surface area contributed by atoms with E-state index in [2.05, 4.69) is 0 Å². The molecule has 0 radical (unpaired) electrons. The molecule has 1 heterocycles. The molecule has 1 aromatic rings. The second kappa shape index (κ2) is 7.64. The summed E-state index contributed by atoms with van der Waals surface area (Å²) >= 11 is 0. The first kappa shape index (κ1) is 16.8. The molecule has 0 spiro atoms. The van der Waals surface area contributed by atoms with E-state index < -0.39 is 11.2 Å². The van der Waals surface area contributed by atoms with Crippen molar-refractivity contribution in [2.24, 2.45) is 5.92 Å². The van der Waals surface area contributed by atoms with E-state index >= 15 is 0 Å². The number of methoxy groups -OCH3 is 3. The van der Waals surface area contributed by atoms with E-state index in [1.54, 1.807) is 33.5 Å². The molecule has 3 atom stereocenters. The predicted molar refractivity (Wildman–Crippen MR) is 78.2 cm³/mol. The number of rotatable bonds is 6. The molecule has 1 saturated heterocycles. The first-order valence-corrected chi connectivity index (χ1v) is 7.09. The lowest BCUT2D eigenvalue weighted by atomic mass is 9.88. The van der Waals surface area contributed by atoms with Gasteiger partial charge in [0.2, 0.25) is 0 Å². The Morgan fingerprint density at radius 2 is 1.82 bits per heavy atom. The maximum atomic E-state index is 10.8. The standard InChI is InChI=1S/C15H21NO6/c1-19-13-9-8-12(15(20-2)21-3)14(22-13)10-4-6-11(7-5-10)16(17)18/h4-7,12-15H,8-9H2,1-3H3/t12-,13?,14-/m0/s1. The smallest absolute Gasteiger partial charge is 0.269 e. The highest BCUT2D eigenvalue weighted by Crippen LogP contribution is 2.39. The topological polar surface area (TPSA) is 80.1 Å². The number of nitro groups is 1. The van der Waals surface area contributed by atoms with Gasteiger partial charge in [0, 0.05) is 39.4 Å². The maximum Gasteiger partial charge on any atom is 0.269 e. The third kappa shape index (κ3) is 3.61. The van der Waals surface area contributed by atoms with Gasteiger partial charge in [0.25, 0.3) is 5.69 Å². The van der Waals surface area contributed by atoms with Crippen LogP contribution in [0.15, 0.2) is 24.3 Å². The van der Waals surface area contributed by atoms with Crippen molar-refractivity contribution in [3.63, 3.8) is 0 Å². The van der Waals surface area contributed by atoms with Gasteiger partial charge in [-0.1, -0.05) is 0 Å². The highest BCUT2D eigenvalue weighted by Gasteiger charge is 2.38. The molecule has 122 valence electrons. The summed E-state index contributed by atoms with van der Waals surface area (Å²) in [6.45, 7) is 0. The SMILES string of the molecule is COC1CC[C@H](C(OC)OC)[C@H](c2ccc([N+](=O)[O-])cc2)O1. The van der Waals surface area contributed by atoms with E-state index in [4.69, 9.17) is 18.9 Å². The van der Waals surface area contributed by atoms with Gasteiger partial charge in [0.1, 0.15) is 0 Å². The number of non-ortho nitro benzene ring substituents is 1. The van der Waals surface area contributed by atoms with Crippen molar-refractivity contribution in [1.29, 1.82) is 0 Å². The fourth-order valence-corrected chi connectivity index (χ4v) is 2.82. The van der Waals surface area contributed by atoms with Gasteiger partial charge >= 0.3 is 0 Å². The van der Waals surface area contributed by atoms with Crippen molar-refractivity contribution in [1.82, 2.24) is 0 Å². The van der Waals surface area contributed by atoms with Crippen LogP contribution in [0.3, 0.4) is 0 Å². The molecule has 0 bridgehead atoms. The van der Waals surface area contributed by atoms with Crippen LogP contribution in [0.2, 0.25) is 0 Å².